The van der Waals surface area contributed by atoms with E-state index >= 15 is 0 Å². The van der Waals surface area contributed by atoms with Gasteiger partial charge in [0.25, 0.3) is 5.91 Å². The Morgan fingerprint density at radius 2 is 1.94 bits per heavy atom. The van der Waals surface area contributed by atoms with Crippen LogP contribution in [0.15, 0.2) is 71.9 Å². The van der Waals surface area contributed by atoms with Gasteiger partial charge in [0.15, 0.2) is 0 Å². The standard InChI is InChI=1S/C22H23N5O4S/c28-21-16-26(14-12-23-21)32(30,31)20-4-1-3-18(15-20)22(29)24-11-9-17-5-7-19(8-6-17)27-13-2-10-25-27/h1-8,10,13,15H,9,11-12,14,16H2,(H,23,28)(H,24,29). The number of carbonyl (C=O) groups is 2. The van der Waals surface area contributed by atoms with E-state index in [2.05, 4.69) is 15.7 Å². The first-order valence-electron chi connectivity index (χ1n) is 10.2. The molecule has 0 aliphatic carbocycles. The Labute approximate surface area is 186 Å². The summed E-state index contributed by atoms with van der Waals surface area (Å²) in [4.78, 5) is 24.1. The lowest BCUT2D eigenvalue weighted by Crippen LogP contribution is -2.49. The third-order valence-corrected chi connectivity index (χ3v) is 6.98. The summed E-state index contributed by atoms with van der Waals surface area (Å²) in [6.45, 7) is 0.645. The second-order valence-electron chi connectivity index (χ2n) is 7.34. The highest BCUT2D eigenvalue weighted by Crippen LogP contribution is 2.18. The topological polar surface area (TPSA) is 113 Å². The van der Waals surface area contributed by atoms with Crippen LogP contribution < -0.4 is 10.6 Å². The van der Waals surface area contributed by atoms with Gasteiger partial charge in [-0.2, -0.15) is 9.40 Å². The molecule has 1 aliphatic heterocycles. The minimum absolute atomic E-state index is 0.00550. The summed E-state index contributed by atoms with van der Waals surface area (Å²) in [7, 11) is -3.85. The van der Waals surface area contributed by atoms with Crippen LogP contribution >= 0.6 is 0 Å². The average molecular weight is 454 g/mol. The van der Waals surface area contributed by atoms with Crippen molar-refractivity contribution in [3.8, 4) is 5.69 Å². The Balaban J connectivity index is 1.36. The van der Waals surface area contributed by atoms with Gasteiger partial charge in [-0.15, -0.1) is 0 Å². The van der Waals surface area contributed by atoms with E-state index in [1.54, 1.807) is 16.9 Å². The lowest BCUT2D eigenvalue weighted by atomic mass is 10.1. The first-order valence-corrected chi connectivity index (χ1v) is 11.6. The molecule has 2 aromatic carbocycles. The van der Waals surface area contributed by atoms with Gasteiger partial charge in [0.1, 0.15) is 0 Å². The van der Waals surface area contributed by atoms with E-state index < -0.39 is 10.0 Å². The molecule has 10 heteroatoms. The highest BCUT2D eigenvalue weighted by atomic mass is 32.2. The highest BCUT2D eigenvalue weighted by molar-refractivity contribution is 7.89. The van der Waals surface area contributed by atoms with Crippen molar-refractivity contribution >= 4 is 21.8 Å². The zero-order valence-corrected chi connectivity index (χ0v) is 18.1. The molecule has 1 aliphatic rings. The first-order chi connectivity index (χ1) is 15.4. The molecule has 0 unspecified atom stereocenters. The molecule has 1 aromatic heterocycles. The van der Waals surface area contributed by atoms with E-state index in [0.717, 1.165) is 15.6 Å². The maximum Gasteiger partial charge on any atom is 0.251 e. The van der Waals surface area contributed by atoms with E-state index in [1.807, 2.05) is 36.5 Å². The third-order valence-electron chi connectivity index (χ3n) is 5.14. The van der Waals surface area contributed by atoms with Gasteiger partial charge in [-0.05, 0) is 48.4 Å². The molecule has 0 saturated carbocycles. The number of rotatable bonds is 7. The molecule has 0 radical (unpaired) electrons. The Bertz CT molecular complexity index is 1210. The maximum absolute atomic E-state index is 12.8. The van der Waals surface area contributed by atoms with Crippen LogP contribution in [0.4, 0.5) is 0 Å². The SMILES string of the molecule is O=C1CN(S(=O)(=O)c2cccc(C(=O)NCCc3ccc(-n4cccn4)cc3)c2)CCN1. The molecule has 2 N–H and O–H groups in total. The number of aromatic nitrogens is 2. The summed E-state index contributed by atoms with van der Waals surface area (Å²) in [5.74, 6) is -0.696. The average Bonchev–Trinajstić information content (AvgIpc) is 3.34. The van der Waals surface area contributed by atoms with Crippen LogP contribution in [0.5, 0.6) is 0 Å². The Morgan fingerprint density at radius 1 is 1.12 bits per heavy atom. The van der Waals surface area contributed by atoms with Gasteiger partial charge < -0.3 is 10.6 Å². The zero-order valence-electron chi connectivity index (χ0n) is 17.3. The molecule has 0 atom stereocenters. The van der Waals surface area contributed by atoms with Gasteiger partial charge in [-0.25, -0.2) is 13.1 Å². The molecule has 2 heterocycles. The predicted molar refractivity (Wildman–Crippen MR) is 118 cm³/mol. The minimum Gasteiger partial charge on any atom is -0.354 e. The van der Waals surface area contributed by atoms with Crippen molar-refractivity contribution < 1.29 is 18.0 Å². The molecule has 4 rings (SSSR count). The number of nitrogens with one attached hydrogen (secondary N) is 2. The number of hydrogen-bond acceptors (Lipinski definition) is 5. The Kier molecular flexibility index (Phi) is 6.33. The van der Waals surface area contributed by atoms with Crippen molar-refractivity contribution in [1.82, 2.24) is 24.7 Å². The quantitative estimate of drug-likeness (QED) is 0.553. The third kappa shape index (κ3) is 4.87. The van der Waals surface area contributed by atoms with Crippen molar-refractivity contribution in [3.63, 3.8) is 0 Å². The number of benzene rings is 2. The fourth-order valence-electron chi connectivity index (χ4n) is 3.43. The van der Waals surface area contributed by atoms with Gasteiger partial charge in [0, 0.05) is 37.6 Å². The summed E-state index contributed by atoms with van der Waals surface area (Å²) < 4.78 is 28.5. The summed E-state index contributed by atoms with van der Waals surface area (Å²) in [5.41, 5.74) is 2.26. The smallest absolute Gasteiger partial charge is 0.251 e. The van der Waals surface area contributed by atoms with E-state index in [0.29, 0.717) is 13.0 Å². The van der Waals surface area contributed by atoms with Crippen LogP contribution in [-0.4, -0.2) is 60.5 Å². The lowest BCUT2D eigenvalue weighted by Gasteiger charge is -2.26. The largest absolute Gasteiger partial charge is 0.354 e. The summed E-state index contributed by atoms with van der Waals surface area (Å²) in [6, 6.07) is 15.6. The van der Waals surface area contributed by atoms with E-state index in [1.165, 1.54) is 18.2 Å². The maximum atomic E-state index is 12.8. The van der Waals surface area contributed by atoms with Crippen molar-refractivity contribution in [2.75, 3.05) is 26.2 Å². The van der Waals surface area contributed by atoms with Gasteiger partial charge >= 0.3 is 0 Å². The van der Waals surface area contributed by atoms with Crippen LogP contribution in [0.2, 0.25) is 0 Å². The van der Waals surface area contributed by atoms with Crippen molar-refractivity contribution in [2.45, 2.75) is 11.3 Å². The molecule has 166 valence electrons. The van der Waals surface area contributed by atoms with E-state index in [-0.39, 0.29) is 41.9 Å². The second kappa shape index (κ2) is 9.33. The van der Waals surface area contributed by atoms with Crippen LogP contribution in [0.3, 0.4) is 0 Å². The predicted octanol–water partition coefficient (Wildman–Crippen LogP) is 0.965. The number of carbonyl (C=O) groups excluding carboxylic acids is 2. The zero-order chi connectivity index (χ0) is 22.6. The van der Waals surface area contributed by atoms with Crippen molar-refractivity contribution in [1.29, 1.82) is 0 Å². The number of hydrogen-bond donors (Lipinski definition) is 2. The van der Waals surface area contributed by atoms with Gasteiger partial charge in [-0.3, -0.25) is 9.59 Å². The van der Waals surface area contributed by atoms with Crippen LogP contribution in [0.1, 0.15) is 15.9 Å². The molecule has 32 heavy (non-hydrogen) atoms. The highest BCUT2D eigenvalue weighted by Gasteiger charge is 2.29. The molecule has 0 bridgehead atoms. The van der Waals surface area contributed by atoms with Crippen molar-refractivity contribution in [3.05, 3.63) is 78.1 Å². The lowest BCUT2D eigenvalue weighted by molar-refractivity contribution is -0.122. The van der Waals surface area contributed by atoms with E-state index in [9.17, 15) is 18.0 Å². The van der Waals surface area contributed by atoms with Gasteiger partial charge in [0.05, 0.1) is 17.1 Å². The van der Waals surface area contributed by atoms with Crippen molar-refractivity contribution in [2.24, 2.45) is 0 Å². The molecular weight excluding hydrogens is 430 g/mol. The number of piperazine rings is 1. The Hall–Kier alpha value is -3.50. The monoisotopic (exact) mass is 453 g/mol. The Morgan fingerprint density at radius 3 is 2.66 bits per heavy atom. The van der Waals surface area contributed by atoms with E-state index in [4.69, 9.17) is 0 Å². The molecule has 3 aromatic rings. The number of nitrogens with zero attached hydrogens (tertiary/aromatic N) is 3. The fourth-order valence-corrected chi connectivity index (χ4v) is 4.87. The van der Waals surface area contributed by atoms with Crippen LogP contribution in [-0.2, 0) is 21.2 Å². The second-order valence-corrected chi connectivity index (χ2v) is 9.28. The molecule has 9 nitrogen and oxygen atoms in total. The molecule has 0 spiro atoms. The first kappa shape index (κ1) is 21.7. The number of sulfonamides is 1. The molecule has 2 amide bonds. The normalized spacial score (nSPS) is 14.7. The summed E-state index contributed by atoms with van der Waals surface area (Å²) in [5, 5.41) is 9.61. The number of amides is 2. The van der Waals surface area contributed by atoms with Gasteiger partial charge in [0.2, 0.25) is 15.9 Å². The summed E-state index contributed by atoms with van der Waals surface area (Å²) >= 11 is 0. The van der Waals surface area contributed by atoms with Gasteiger partial charge in [-0.1, -0.05) is 18.2 Å². The van der Waals surface area contributed by atoms with Crippen LogP contribution in [0, 0.1) is 0 Å². The molecule has 1 saturated heterocycles. The molecule has 1 fully saturated rings. The fraction of sp³-hybridized carbons (Fsp3) is 0.227. The van der Waals surface area contributed by atoms with Crippen LogP contribution in [0.25, 0.3) is 5.69 Å². The summed E-state index contributed by atoms with van der Waals surface area (Å²) in [6.07, 6.45) is 4.21. The molecular formula is C22H23N5O4S. The minimum atomic E-state index is -3.85.